The molecule has 0 atom stereocenters. The Balaban J connectivity index is 3.03. The van der Waals surface area contributed by atoms with Crippen molar-refractivity contribution < 1.29 is 14.3 Å². The molecule has 19 heavy (non-hydrogen) atoms. The number of rotatable bonds is 5. The zero-order valence-electron chi connectivity index (χ0n) is 10.9. The first-order valence-corrected chi connectivity index (χ1v) is 6.32. The average molecular weight is 284 g/mol. The van der Waals surface area contributed by atoms with E-state index in [4.69, 9.17) is 18.0 Å². The Morgan fingerprint density at radius 3 is 2.63 bits per heavy atom. The Hall–Kier alpha value is -1.69. The molecule has 0 radical (unpaired) electrons. The molecule has 6 heteroatoms. The zero-order valence-corrected chi connectivity index (χ0v) is 11.7. The Morgan fingerprint density at radius 2 is 2.16 bits per heavy atom. The molecule has 0 saturated carbocycles. The number of amides is 1. The third-order valence-corrected chi connectivity index (χ3v) is 2.89. The van der Waals surface area contributed by atoms with Crippen LogP contribution in [0.15, 0.2) is 18.2 Å². The molecule has 1 rings (SSSR count). The highest BCUT2D eigenvalue weighted by molar-refractivity contribution is 7.80. The normalized spacial score (nSPS) is 10.5. The van der Waals surface area contributed by atoms with Gasteiger partial charge < -0.3 is 15.7 Å². The molecular weight excluding hydrogens is 267 g/mol. The minimum atomic E-state index is -0.744. The topological polar surface area (TPSA) is 66.6 Å². The number of hydrogen-bond donors (Lipinski definition) is 2. The van der Waals surface area contributed by atoms with E-state index in [1.165, 1.54) is 17.0 Å². The monoisotopic (exact) mass is 284 g/mol. The molecular formula is C13H17FN2O2S. The highest BCUT2D eigenvalue weighted by Crippen LogP contribution is 2.22. The highest BCUT2D eigenvalue weighted by Gasteiger charge is 2.24. The molecule has 0 heterocycles. The molecule has 0 fully saturated rings. The molecule has 104 valence electrons. The van der Waals surface area contributed by atoms with E-state index in [1.807, 2.05) is 0 Å². The van der Waals surface area contributed by atoms with Crippen LogP contribution in [0.3, 0.4) is 0 Å². The molecule has 0 spiro atoms. The Morgan fingerprint density at radius 1 is 1.53 bits per heavy atom. The Labute approximate surface area is 117 Å². The van der Waals surface area contributed by atoms with E-state index in [9.17, 15) is 14.3 Å². The summed E-state index contributed by atoms with van der Waals surface area (Å²) in [6.07, 6.45) is 0.356. The van der Waals surface area contributed by atoms with Crippen molar-refractivity contribution in [2.75, 3.05) is 6.54 Å². The molecule has 1 aromatic rings. The molecule has 4 nitrogen and oxygen atoms in total. The van der Waals surface area contributed by atoms with Gasteiger partial charge >= 0.3 is 0 Å². The number of phenols is 1. The number of nitrogens with two attached hydrogens (primary N) is 1. The fraction of sp³-hybridized carbons (Fsp3) is 0.385. The second kappa shape index (κ2) is 6.47. The number of hydrogen-bond acceptors (Lipinski definition) is 3. The van der Waals surface area contributed by atoms with Gasteiger partial charge in [0.1, 0.15) is 17.1 Å². The van der Waals surface area contributed by atoms with Crippen LogP contribution in [0.2, 0.25) is 0 Å². The summed E-state index contributed by atoms with van der Waals surface area (Å²) >= 11 is 4.77. The highest BCUT2D eigenvalue weighted by atomic mass is 32.1. The Kier molecular flexibility index (Phi) is 5.23. The van der Waals surface area contributed by atoms with Crippen molar-refractivity contribution in [3.63, 3.8) is 0 Å². The molecule has 0 saturated heterocycles. The lowest BCUT2D eigenvalue weighted by Gasteiger charge is -2.27. The standard InChI is InChI=1S/C13H17FN2O2S/c1-8(2)16(7-6-11(15)19)13(18)12-9(14)4-3-5-10(12)17/h3-5,8,17H,6-7H2,1-2H3,(H2,15,19). The Bertz CT molecular complexity index is 471. The molecule has 0 bridgehead atoms. The van der Waals surface area contributed by atoms with Crippen molar-refractivity contribution in [1.82, 2.24) is 4.90 Å². The van der Waals surface area contributed by atoms with Crippen LogP contribution in [0.1, 0.15) is 30.6 Å². The van der Waals surface area contributed by atoms with Gasteiger partial charge in [-0.2, -0.15) is 0 Å². The van der Waals surface area contributed by atoms with Crippen molar-refractivity contribution in [1.29, 1.82) is 0 Å². The maximum atomic E-state index is 13.7. The van der Waals surface area contributed by atoms with E-state index in [1.54, 1.807) is 13.8 Å². The van der Waals surface area contributed by atoms with Crippen LogP contribution in [0.4, 0.5) is 4.39 Å². The molecule has 0 aliphatic heterocycles. The summed E-state index contributed by atoms with van der Waals surface area (Å²) in [6.45, 7) is 3.89. The van der Waals surface area contributed by atoms with Crippen LogP contribution < -0.4 is 5.73 Å². The minimum Gasteiger partial charge on any atom is -0.507 e. The van der Waals surface area contributed by atoms with Crippen molar-refractivity contribution in [3.8, 4) is 5.75 Å². The van der Waals surface area contributed by atoms with Crippen molar-refractivity contribution >= 4 is 23.1 Å². The average Bonchev–Trinajstić information content (AvgIpc) is 2.27. The predicted molar refractivity (Wildman–Crippen MR) is 75.6 cm³/mol. The van der Waals surface area contributed by atoms with Gasteiger partial charge in [-0.3, -0.25) is 4.79 Å². The first kappa shape index (κ1) is 15.4. The lowest BCUT2D eigenvalue weighted by Crippen LogP contribution is -2.39. The van der Waals surface area contributed by atoms with E-state index in [2.05, 4.69) is 0 Å². The molecule has 0 aliphatic carbocycles. The fourth-order valence-electron chi connectivity index (χ4n) is 1.69. The van der Waals surface area contributed by atoms with Gasteiger partial charge in [0.05, 0.1) is 4.99 Å². The van der Waals surface area contributed by atoms with E-state index in [-0.39, 0.29) is 22.3 Å². The number of thiocarbonyl (C=S) groups is 1. The quantitative estimate of drug-likeness (QED) is 0.812. The third kappa shape index (κ3) is 3.89. The lowest BCUT2D eigenvalue weighted by atomic mass is 10.1. The van der Waals surface area contributed by atoms with Gasteiger partial charge in [-0.15, -0.1) is 0 Å². The second-order valence-electron chi connectivity index (χ2n) is 4.44. The number of carbonyl (C=O) groups is 1. The summed E-state index contributed by atoms with van der Waals surface area (Å²) in [5.41, 5.74) is 5.09. The van der Waals surface area contributed by atoms with Gasteiger partial charge in [0.15, 0.2) is 0 Å². The SMILES string of the molecule is CC(C)N(CCC(N)=S)C(=O)c1c(O)cccc1F. The van der Waals surface area contributed by atoms with Crippen LogP contribution in [-0.4, -0.2) is 33.5 Å². The molecule has 1 aromatic carbocycles. The number of phenolic OH excluding ortho intramolecular Hbond substituents is 1. The number of benzene rings is 1. The summed E-state index contributed by atoms with van der Waals surface area (Å²) in [7, 11) is 0. The number of aromatic hydroxyl groups is 1. The fourth-order valence-corrected chi connectivity index (χ4v) is 1.78. The zero-order chi connectivity index (χ0) is 14.6. The van der Waals surface area contributed by atoms with Gasteiger partial charge in [0, 0.05) is 19.0 Å². The number of carbonyl (C=O) groups excluding carboxylic acids is 1. The van der Waals surface area contributed by atoms with Gasteiger partial charge in [0.2, 0.25) is 0 Å². The van der Waals surface area contributed by atoms with Gasteiger partial charge in [-0.1, -0.05) is 18.3 Å². The summed E-state index contributed by atoms with van der Waals surface area (Å²) in [5, 5.41) is 9.63. The minimum absolute atomic E-state index is 0.152. The van der Waals surface area contributed by atoms with Gasteiger partial charge in [0.25, 0.3) is 5.91 Å². The van der Waals surface area contributed by atoms with Crippen LogP contribution in [0.25, 0.3) is 0 Å². The number of nitrogens with zero attached hydrogens (tertiary/aromatic N) is 1. The summed E-state index contributed by atoms with van der Waals surface area (Å²) in [5.74, 6) is -1.68. The van der Waals surface area contributed by atoms with Crippen molar-refractivity contribution in [2.24, 2.45) is 5.73 Å². The molecule has 3 N–H and O–H groups in total. The van der Waals surface area contributed by atoms with E-state index in [0.29, 0.717) is 13.0 Å². The smallest absolute Gasteiger partial charge is 0.260 e. The predicted octanol–water partition coefficient (Wildman–Crippen LogP) is 2.06. The van der Waals surface area contributed by atoms with Crippen LogP contribution in [-0.2, 0) is 0 Å². The molecule has 1 amide bonds. The van der Waals surface area contributed by atoms with Crippen molar-refractivity contribution in [2.45, 2.75) is 26.3 Å². The lowest BCUT2D eigenvalue weighted by molar-refractivity contribution is 0.0703. The first-order chi connectivity index (χ1) is 8.84. The summed E-state index contributed by atoms with van der Waals surface area (Å²) in [4.78, 5) is 14.0. The van der Waals surface area contributed by atoms with Crippen LogP contribution >= 0.6 is 12.2 Å². The third-order valence-electron chi connectivity index (χ3n) is 2.69. The largest absolute Gasteiger partial charge is 0.507 e. The molecule has 0 aromatic heterocycles. The number of halogens is 1. The van der Waals surface area contributed by atoms with Gasteiger partial charge in [-0.25, -0.2) is 4.39 Å². The summed E-state index contributed by atoms with van der Waals surface area (Å²) in [6, 6.07) is 3.61. The second-order valence-corrected chi connectivity index (χ2v) is 4.97. The van der Waals surface area contributed by atoms with Crippen LogP contribution in [0, 0.1) is 5.82 Å². The van der Waals surface area contributed by atoms with Crippen molar-refractivity contribution in [3.05, 3.63) is 29.6 Å². The maximum absolute atomic E-state index is 13.7. The van der Waals surface area contributed by atoms with Gasteiger partial charge in [-0.05, 0) is 26.0 Å². The molecule has 0 unspecified atom stereocenters. The van der Waals surface area contributed by atoms with E-state index < -0.39 is 11.7 Å². The molecule has 0 aliphatic rings. The van der Waals surface area contributed by atoms with E-state index in [0.717, 1.165) is 6.07 Å². The van der Waals surface area contributed by atoms with Crippen LogP contribution in [0.5, 0.6) is 5.75 Å². The first-order valence-electron chi connectivity index (χ1n) is 5.91. The van der Waals surface area contributed by atoms with E-state index >= 15 is 0 Å². The maximum Gasteiger partial charge on any atom is 0.260 e. The summed E-state index contributed by atoms with van der Waals surface area (Å²) < 4.78 is 13.7.